The predicted octanol–water partition coefficient (Wildman–Crippen LogP) is 5.09. The lowest BCUT2D eigenvalue weighted by Gasteiger charge is -2.06. The SMILES string of the molecule is CCOC(=O)c1cc(-c2ccc(/C=N/NC(=O)Cc3ccc(C)cc3C)o2)ccc1Cl. The van der Waals surface area contributed by atoms with Crippen LogP contribution in [-0.2, 0) is 16.0 Å². The fourth-order valence-corrected chi connectivity index (χ4v) is 3.24. The van der Waals surface area contributed by atoms with Gasteiger partial charge in [0.05, 0.1) is 29.8 Å². The number of hydrogen-bond acceptors (Lipinski definition) is 5. The van der Waals surface area contributed by atoms with Gasteiger partial charge in [-0.3, -0.25) is 4.79 Å². The maximum Gasteiger partial charge on any atom is 0.339 e. The molecule has 6 nitrogen and oxygen atoms in total. The second kappa shape index (κ2) is 10.1. The van der Waals surface area contributed by atoms with Gasteiger partial charge in [-0.15, -0.1) is 0 Å². The molecule has 31 heavy (non-hydrogen) atoms. The van der Waals surface area contributed by atoms with Crippen molar-refractivity contribution >= 4 is 29.7 Å². The van der Waals surface area contributed by atoms with Gasteiger partial charge in [0.2, 0.25) is 5.91 Å². The molecular weight excluding hydrogens is 416 g/mol. The summed E-state index contributed by atoms with van der Waals surface area (Å²) in [6.45, 7) is 5.98. The molecule has 0 unspecified atom stereocenters. The van der Waals surface area contributed by atoms with Gasteiger partial charge in [0.1, 0.15) is 11.5 Å². The second-order valence-electron chi connectivity index (χ2n) is 7.02. The highest BCUT2D eigenvalue weighted by Gasteiger charge is 2.14. The Labute approximate surface area is 185 Å². The number of carbonyl (C=O) groups is 2. The van der Waals surface area contributed by atoms with Gasteiger partial charge in [-0.2, -0.15) is 5.10 Å². The van der Waals surface area contributed by atoms with Crippen LogP contribution in [0, 0.1) is 13.8 Å². The number of halogens is 1. The van der Waals surface area contributed by atoms with Crippen molar-refractivity contribution in [3.05, 3.63) is 81.6 Å². The molecule has 1 aromatic heterocycles. The zero-order valence-electron chi connectivity index (χ0n) is 17.6. The van der Waals surface area contributed by atoms with Crippen molar-refractivity contribution in [1.29, 1.82) is 0 Å². The Morgan fingerprint density at radius 3 is 2.68 bits per heavy atom. The highest BCUT2D eigenvalue weighted by molar-refractivity contribution is 6.33. The van der Waals surface area contributed by atoms with Gasteiger partial charge in [0.25, 0.3) is 0 Å². The van der Waals surface area contributed by atoms with E-state index in [1.807, 2.05) is 32.0 Å². The molecule has 0 saturated carbocycles. The lowest BCUT2D eigenvalue weighted by atomic mass is 10.0. The first-order chi connectivity index (χ1) is 14.9. The van der Waals surface area contributed by atoms with E-state index in [0.29, 0.717) is 22.1 Å². The molecule has 0 spiro atoms. The minimum absolute atomic E-state index is 0.216. The zero-order chi connectivity index (χ0) is 22.4. The normalized spacial score (nSPS) is 11.0. The van der Waals surface area contributed by atoms with Gasteiger partial charge >= 0.3 is 5.97 Å². The van der Waals surface area contributed by atoms with Gasteiger partial charge < -0.3 is 9.15 Å². The van der Waals surface area contributed by atoms with Crippen LogP contribution in [0.1, 0.15) is 39.7 Å². The quantitative estimate of drug-likeness (QED) is 0.316. The Balaban J connectivity index is 1.64. The third-order valence-corrected chi connectivity index (χ3v) is 4.93. The van der Waals surface area contributed by atoms with Crippen molar-refractivity contribution in [2.24, 2.45) is 5.10 Å². The molecule has 0 aliphatic heterocycles. The van der Waals surface area contributed by atoms with E-state index in [2.05, 4.69) is 10.5 Å². The number of benzene rings is 2. The van der Waals surface area contributed by atoms with E-state index in [-0.39, 0.29) is 24.5 Å². The Kier molecular flexibility index (Phi) is 7.26. The number of nitrogens with zero attached hydrogens (tertiary/aromatic N) is 1. The van der Waals surface area contributed by atoms with Crippen molar-refractivity contribution in [2.75, 3.05) is 6.61 Å². The Bertz CT molecular complexity index is 1130. The van der Waals surface area contributed by atoms with E-state index in [9.17, 15) is 9.59 Å². The topological polar surface area (TPSA) is 80.9 Å². The summed E-state index contributed by atoms with van der Waals surface area (Å²) in [6.07, 6.45) is 1.67. The third kappa shape index (κ3) is 5.83. The van der Waals surface area contributed by atoms with Crippen molar-refractivity contribution in [1.82, 2.24) is 5.43 Å². The monoisotopic (exact) mass is 438 g/mol. The molecule has 0 aliphatic carbocycles. The molecule has 2 aromatic carbocycles. The molecule has 1 N–H and O–H groups in total. The first kappa shape index (κ1) is 22.3. The van der Waals surface area contributed by atoms with Crippen molar-refractivity contribution in [3.8, 4) is 11.3 Å². The first-order valence-corrected chi connectivity index (χ1v) is 10.2. The summed E-state index contributed by atoms with van der Waals surface area (Å²) in [5, 5.41) is 4.27. The van der Waals surface area contributed by atoms with Crippen LogP contribution in [0.25, 0.3) is 11.3 Å². The molecule has 0 bridgehead atoms. The van der Waals surface area contributed by atoms with Crippen LogP contribution >= 0.6 is 11.6 Å². The number of carbonyl (C=O) groups excluding carboxylic acids is 2. The molecule has 0 aliphatic rings. The number of esters is 1. The number of nitrogens with one attached hydrogen (secondary N) is 1. The minimum Gasteiger partial charge on any atom is -0.462 e. The predicted molar refractivity (Wildman–Crippen MR) is 120 cm³/mol. The second-order valence-corrected chi connectivity index (χ2v) is 7.42. The highest BCUT2D eigenvalue weighted by Crippen LogP contribution is 2.27. The number of aryl methyl sites for hydroxylation is 2. The Hall–Kier alpha value is -3.38. The zero-order valence-corrected chi connectivity index (χ0v) is 18.3. The molecule has 7 heteroatoms. The van der Waals surface area contributed by atoms with Crippen LogP contribution in [0.4, 0.5) is 0 Å². The third-order valence-electron chi connectivity index (χ3n) is 4.60. The average molecular weight is 439 g/mol. The lowest BCUT2D eigenvalue weighted by molar-refractivity contribution is -0.120. The van der Waals surface area contributed by atoms with Crippen LogP contribution in [0.3, 0.4) is 0 Å². The maximum atomic E-state index is 12.1. The Morgan fingerprint density at radius 2 is 1.94 bits per heavy atom. The van der Waals surface area contributed by atoms with Crippen LogP contribution in [-0.4, -0.2) is 24.7 Å². The molecule has 1 heterocycles. The number of ether oxygens (including phenoxy) is 1. The fourth-order valence-electron chi connectivity index (χ4n) is 3.05. The fraction of sp³-hybridized carbons (Fsp3) is 0.208. The molecule has 1 amide bonds. The molecular formula is C24H23ClN2O4. The Morgan fingerprint density at radius 1 is 1.13 bits per heavy atom. The van der Waals surface area contributed by atoms with Crippen LogP contribution < -0.4 is 5.43 Å². The lowest BCUT2D eigenvalue weighted by Crippen LogP contribution is -2.20. The summed E-state index contributed by atoms with van der Waals surface area (Å²) < 4.78 is 10.8. The summed E-state index contributed by atoms with van der Waals surface area (Å²) >= 11 is 6.10. The summed E-state index contributed by atoms with van der Waals surface area (Å²) in [6, 6.07) is 14.4. The largest absolute Gasteiger partial charge is 0.462 e. The maximum absolute atomic E-state index is 12.1. The van der Waals surface area contributed by atoms with Gasteiger partial charge in [-0.1, -0.05) is 35.4 Å². The van der Waals surface area contributed by atoms with Crippen molar-refractivity contribution < 1.29 is 18.7 Å². The number of hydrazone groups is 1. The minimum atomic E-state index is -0.491. The molecule has 3 aromatic rings. The highest BCUT2D eigenvalue weighted by atomic mass is 35.5. The van der Waals surface area contributed by atoms with E-state index in [1.165, 1.54) is 6.21 Å². The van der Waals surface area contributed by atoms with Gasteiger partial charge in [0.15, 0.2) is 0 Å². The van der Waals surface area contributed by atoms with E-state index in [4.69, 9.17) is 20.8 Å². The van der Waals surface area contributed by atoms with Crippen LogP contribution in [0.5, 0.6) is 0 Å². The average Bonchev–Trinajstić information content (AvgIpc) is 3.19. The van der Waals surface area contributed by atoms with Gasteiger partial charge in [0, 0.05) is 5.56 Å². The molecule has 0 radical (unpaired) electrons. The van der Waals surface area contributed by atoms with E-state index >= 15 is 0 Å². The number of rotatable bonds is 7. The standard InChI is InChI=1S/C24H23ClN2O4/c1-4-30-24(29)20-12-18(7-9-21(20)25)22-10-8-19(31-22)14-26-27-23(28)13-17-6-5-15(2)11-16(17)3/h5-12,14H,4,13H2,1-3H3,(H,27,28)/b26-14+. The summed E-state index contributed by atoms with van der Waals surface area (Å²) in [5.74, 6) is 0.278. The van der Waals surface area contributed by atoms with E-state index < -0.39 is 5.97 Å². The van der Waals surface area contributed by atoms with E-state index in [0.717, 1.165) is 16.7 Å². The molecule has 3 rings (SSSR count). The molecule has 0 saturated heterocycles. The van der Waals surface area contributed by atoms with Gasteiger partial charge in [-0.25, -0.2) is 10.2 Å². The van der Waals surface area contributed by atoms with Crippen molar-refractivity contribution in [3.63, 3.8) is 0 Å². The summed E-state index contributed by atoms with van der Waals surface area (Å²) in [4.78, 5) is 24.2. The first-order valence-electron chi connectivity index (χ1n) is 9.82. The summed E-state index contributed by atoms with van der Waals surface area (Å²) in [5.41, 5.74) is 6.63. The smallest absolute Gasteiger partial charge is 0.339 e. The number of hydrogen-bond donors (Lipinski definition) is 1. The molecule has 160 valence electrons. The van der Waals surface area contributed by atoms with Crippen LogP contribution in [0.15, 0.2) is 58.0 Å². The molecule has 0 fully saturated rings. The molecule has 0 atom stereocenters. The van der Waals surface area contributed by atoms with Crippen LogP contribution in [0.2, 0.25) is 5.02 Å². The van der Waals surface area contributed by atoms with E-state index in [1.54, 1.807) is 37.3 Å². The summed E-state index contributed by atoms with van der Waals surface area (Å²) in [7, 11) is 0. The van der Waals surface area contributed by atoms with Crippen molar-refractivity contribution in [2.45, 2.75) is 27.2 Å². The number of amides is 1. The number of furan rings is 1. The van der Waals surface area contributed by atoms with Gasteiger partial charge in [-0.05, 0) is 62.2 Å².